The molecule has 1 aromatic rings. The molecule has 0 heterocycles. The van der Waals surface area contributed by atoms with Crippen LogP contribution in [0.1, 0.15) is 125 Å². The lowest BCUT2D eigenvalue weighted by atomic mass is 9.69. The van der Waals surface area contributed by atoms with Crippen LogP contribution >= 0.6 is 0 Å². The van der Waals surface area contributed by atoms with E-state index < -0.39 is 0 Å². The van der Waals surface area contributed by atoms with E-state index in [1.165, 1.54) is 51.4 Å². The van der Waals surface area contributed by atoms with Crippen LogP contribution in [0.25, 0.3) is 0 Å². The van der Waals surface area contributed by atoms with E-state index in [4.69, 9.17) is 11.5 Å². The molecule has 26 heavy (non-hydrogen) atoms. The van der Waals surface area contributed by atoms with E-state index >= 15 is 0 Å². The molecule has 0 aromatic heterocycles. The van der Waals surface area contributed by atoms with Crippen LogP contribution in [0.15, 0.2) is 12.1 Å². The molecule has 4 N–H and O–H groups in total. The van der Waals surface area contributed by atoms with Crippen molar-refractivity contribution in [1.82, 2.24) is 0 Å². The molecule has 0 unspecified atom stereocenters. The van der Waals surface area contributed by atoms with Crippen LogP contribution < -0.4 is 11.5 Å². The van der Waals surface area contributed by atoms with E-state index in [0.717, 1.165) is 0 Å². The molecule has 2 nitrogen and oxygen atoms in total. The van der Waals surface area contributed by atoms with Gasteiger partial charge in [-0.2, -0.15) is 0 Å². The zero-order chi connectivity index (χ0) is 18.8. The highest BCUT2D eigenvalue weighted by atomic mass is 14.6. The Morgan fingerprint density at radius 2 is 0.923 bits per heavy atom. The molecule has 2 aliphatic carbocycles. The molecule has 3 rings (SSSR count). The Morgan fingerprint density at radius 1 is 0.615 bits per heavy atom. The van der Waals surface area contributed by atoms with E-state index in [1.54, 1.807) is 22.3 Å². The predicted octanol–water partition coefficient (Wildman–Crippen LogP) is 5.90. The van der Waals surface area contributed by atoms with Crippen LogP contribution in [-0.4, -0.2) is 12.1 Å². The smallest absolute Gasteiger partial charge is 0.00392 e. The first-order valence-corrected chi connectivity index (χ1v) is 11.1. The third-order valence-corrected chi connectivity index (χ3v) is 6.96. The predicted molar refractivity (Wildman–Crippen MR) is 113 cm³/mol. The molecule has 1 aromatic carbocycles. The zero-order valence-corrected chi connectivity index (χ0v) is 17.4. The van der Waals surface area contributed by atoms with E-state index in [1.807, 2.05) is 0 Å². The van der Waals surface area contributed by atoms with Crippen LogP contribution in [0.3, 0.4) is 0 Å². The van der Waals surface area contributed by atoms with E-state index in [9.17, 15) is 0 Å². The second-order valence-electron chi connectivity index (χ2n) is 9.60. The Kier molecular flexibility index (Phi) is 6.45. The summed E-state index contributed by atoms with van der Waals surface area (Å²) in [4.78, 5) is 0. The molecule has 2 aliphatic rings. The first-order valence-electron chi connectivity index (χ1n) is 11.1. The molecular formula is C24H40N2. The van der Waals surface area contributed by atoms with Crippen molar-refractivity contribution in [3.8, 4) is 0 Å². The normalized spacial score (nSPS) is 30.2. The average Bonchev–Trinajstić information content (AvgIpc) is 2.61. The van der Waals surface area contributed by atoms with Crippen LogP contribution in [0.4, 0.5) is 0 Å². The number of nitrogens with two attached hydrogens (primary N) is 2. The highest BCUT2D eigenvalue weighted by Gasteiger charge is 2.31. The van der Waals surface area contributed by atoms with Crippen molar-refractivity contribution in [2.75, 3.05) is 0 Å². The maximum atomic E-state index is 6.23. The van der Waals surface area contributed by atoms with Crippen molar-refractivity contribution < 1.29 is 0 Å². The Morgan fingerprint density at radius 3 is 1.19 bits per heavy atom. The molecule has 0 bridgehead atoms. The van der Waals surface area contributed by atoms with Gasteiger partial charge in [-0.1, -0.05) is 39.8 Å². The van der Waals surface area contributed by atoms with E-state index in [0.29, 0.717) is 35.8 Å². The SMILES string of the molecule is CC(C)c1ccc(C(C)C)c(C2CCC(N)CC2)c1C1CCC(N)CC1. The fourth-order valence-corrected chi connectivity index (χ4v) is 5.40. The fraction of sp³-hybridized carbons (Fsp3) is 0.750. The summed E-state index contributed by atoms with van der Waals surface area (Å²) in [5.41, 5.74) is 19.1. The van der Waals surface area contributed by atoms with E-state index in [2.05, 4.69) is 39.8 Å². The van der Waals surface area contributed by atoms with Crippen molar-refractivity contribution in [1.29, 1.82) is 0 Å². The first kappa shape index (κ1) is 19.9. The summed E-state index contributed by atoms with van der Waals surface area (Å²) in [7, 11) is 0. The molecule has 0 radical (unpaired) electrons. The minimum Gasteiger partial charge on any atom is -0.328 e. The van der Waals surface area contributed by atoms with Crippen LogP contribution in [0.5, 0.6) is 0 Å². The Labute approximate surface area is 161 Å². The molecule has 2 heteroatoms. The zero-order valence-electron chi connectivity index (χ0n) is 17.4. The topological polar surface area (TPSA) is 52.0 Å². The quantitative estimate of drug-likeness (QED) is 0.705. The molecular weight excluding hydrogens is 316 g/mol. The molecule has 0 spiro atoms. The molecule has 146 valence electrons. The third-order valence-electron chi connectivity index (χ3n) is 6.96. The molecule has 0 atom stereocenters. The highest BCUT2D eigenvalue weighted by molar-refractivity contribution is 5.48. The van der Waals surface area contributed by atoms with Crippen LogP contribution in [0, 0.1) is 0 Å². The number of hydrogen-bond donors (Lipinski definition) is 2. The molecule has 0 amide bonds. The minimum atomic E-state index is 0.415. The summed E-state index contributed by atoms with van der Waals surface area (Å²) in [6.07, 6.45) is 9.80. The maximum absolute atomic E-state index is 6.23. The largest absolute Gasteiger partial charge is 0.328 e. The second-order valence-corrected chi connectivity index (χ2v) is 9.60. The first-order chi connectivity index (χ1) is 12.4. The summed E-state index contributed by atoms with van der Waals surface area (Å²) < 4.78 is 0. The van der Waals surface area contributed by atoms with Gasteiger partial charge in [-0.25, -0.2) is 0 Å². The summed E-state index contributed by atoms with van der Waals surface area (Å²) >= 11 is 0. The Bertz CT molecular complexity index is 535. The van der Waals surface area contributed by atoms with Crippen molar-refractivity contribution in [2.24, 2.45) is 11.5 Å². The third kappa shape index (κ3) is 4.17. The molecule has 2 fully saturated rings. The van der Waals surface area contributed by atoms with Gasteiger partial charge in [0.05, 0.1) is 0 Å². The highest BCUT2D eigenvalue weighted by Crippen LogP contribution is 2.46. The molecule has 0 saturated heterocycles. The van der Waals surface area contributed by atoms with Gasteiger partial charge in [0.1, 0.15) is 0 Å². The number of hydrogen-bond acceptors (Lipinski definition) is 2. The van der Waals surface area contributed by atoms with Crippen LogP contribution in [0.2, 0.25) is 0 Å². The summed E-state index contributed by atoms with van der Waals surface area (Å²) in [6, 6.07) is 5.72. The lowest BCUT2D eigenvalue weighted by Gasteiger charge is -2.36. The Hall–Kier alpha value is -0.860. The van der Waals surface area contributed by atoms with Gasteiger partial charge in [0.15, 0.2) is 0 Å². The van der Waals surface area contributed by atoms with Gasteiger partial charge in [-0.05, 0) is 97.3 Å². The van der Waals surface area contributed by atoms with Gasteiger partial charge >= 0.3 is 0 Å². The number of benzene rings is 1. The van der Waals surface area contributed by atoms with Gasteiger partial charge in [0, 0.05) is 12.1 Å². The van der Waals surface area contributed by atoms with Crippen molar-refractivity contribution in [2.45, 2.75) is 115 Å². The average molecular weight is 357 g/mol. The van der Waals surface area contributed by atoms with Gasteiger partial charge in [0.25, 0.3) is 0 Å². The van der Waals surface area contributed by atoms with Crippen molar-refractivity contribution >= 4 is 0 Å². The molecule has 2 saturated carbocycles. The number of rotatable bonds is 4. The van der Waals surface area contributed by atoms with E-state index in [-0.39, 0.29) is 0 Å². The van der Waals surface area contributed by atoms with Gasteiger partial charge < -0.3 is 11.5 Å². The van der Waals surface area contributed by atoms with Gasteiger partial charge in [0.2, 0.25) is 0 Å². The lowest BCUT2D eigenvalue weighted by molar-refractivity contribution is 0.372. The second kappa shape index (κ2) is 8.44. The fourth-order valence-electron chi connectivity index (χ4n) is 5.40. The van der Waals surface area contributed by atoms with Crippen molar-refractivity contribution in [3.05, 3.63) is 34.4 Å². The Balaban J connectivity index is 2.09. The monoisotopic (exact) mass is 356 g/mol. The standard InChI is InChI=1S/C24H40N2/c1-15(2)21-13-14-22(16(3)4)24(18-7-11-20(26)12-8-18)23(21)17-5-9-19(25)10-6-17/h13-20H,5-12,25-26H2,1-4H3. The van der Waals surface area contributed by atoms with Gasteiger partial charge in [-0.3, -0.25) is 0 Å². The van der Waals surface area contributed by atoms with Crippen LogP contribution in [-0.2, 0) is 0 Å². The van der Waals surface area contributed by atoms with Crippen molar-refractivity contribution in [3.63, 3.8) is 0 Å². The lowest BCUT2D eigenvalue weighted by Crippen LogP contribution is -2.29. The summed E-state index contributed by atoms with van der Waals surface area (Å²) in [5.74, 6) is 2.59. The minimum absolute atomic E-state index is 0.415. The van der Waals surface area contributed by atoms with Gasteiger partial charge in [-0.15, -0.1) is 0 Å². The summed E-state index contributed by atoms with van der Waals surface area (Å²) in [6.45, 7) is 9.46. The summed E-state index contributed by atoms with van der Waals surface area (Å²) in [5, 5.41) is 0. The molecule has 0 aliphatic heterocycles. The maximum Gasteiger partial charge on any atom is 0.00392 e.